The van der Waals surface area contributed by atoms with Gasteiger partial charge in [-0.05, 0) is 25.0 Å². The molecule has 1 amide bonds. The van der Waals surface area contributed by atoms with Crippen LogP contribution in [-0.2, 0) is 11.2 Å². The molecule has 6 heteroatoms. The zero-order valence-corrected chi connectivity index (χ0v) is 14.3. The van der Waals surface area contributed by atoms with Crippen molar-refractivity contribution in [3.8, 4) is 11.5 Å². The molecule has 3 rings (SSSR count). The summed E-state index contributed by atoms with van der Waals surface area (Å²) >= 11 is 0. The number of anilines is 1. The number of amides is 1. The first kappa shape index (κ1) is 16.4. The lowest BCUT2D eigenvalue weighted by atomic mass is 10.2. The molecule has 3 heterocycles. The minimum absolute atomic E-state index is 0.259. The number of carbonyl (C=O) groups is 1. The Hall–Kier alpha value is -2.50. The van der Waals surface area contributed by atoms with Crippen LogP contribution in [0.15, 0.2) is 30.5 Å². The lowest BCUT2D eigenvalue weighted by molar-refractivity contribution is -0.127. The van der Waals surface area contributed by atoms with Crippen molar-refractivity contribution in [3.63, 3.8) is 0 Å². The number of rotatable bonds is 6. The maximum atomic E-state index is 11.7. The normalized spacial score (nSPS) is 14.2. The van der Waals surface area contributed by atoms with Crippen LogP contribution in [0.2, 0.25) is 0 Å². The minimum Gasteiger partial charge on any atom is -0.358 e. The molecule has 0 atom stereocenters. The molecule has 0 bridgehead atoms. The van der Waals surface area contributed by atoms with Gasteiger partial charge in [0.15, 0.2) is 5.82 Å². The standard InChI is InChI=1S/C18H23N5O/c1-3-14-13-16(21-18(20-14)15-7-4-5-9-19-15)22(2)11-12-23-10-6-8-17(23)24/h4-5,7,9,13H,3,6,8,10-12H2,1-2H3. The number of likely N-dealkylation sites (N-methyl/N-ethyl adjacent to an activating group) is 1. The Morgan fingerprint density at radius 2 is 2.17 bits per heavy atom. The predicted molar refractivity (Wildman–Crippen MR) is 93.7 cm³/mol. The summed E-state index contributed by atoms with van der Waals surface area (Å²) in [5, 5.41) is 0. The first-order valence-electron chi connectivity index (χ1n) is 8.45. The lowest BCUT2D eigenvalue weighted by Gasteiger charge is -2.23. The lowest BCUT2D eigenvalue weighted by Crippen LogP contribution is -2.34. The van der Waals surface area contributed by atoms with E-state index < -0.39 is 0 Å². The van der Waals surface area contributed by atoms with Crippen molar-refractivity contribution in [2.45, 2.75) is 26.2 Å². The van der Waals surface area contributed by atoms with Crippen LogP contribution in [0, 0.1) is 0 Å². The number of carbonyl (C=O) groups excluding carboxylic acids is 1. The van der Waals surface area contributed by atoms with E-state index >= 15 is 0 Å². The van der Waals surface area contributed by atoms with Gasteiger partial charge in [-0.1, -0.05) is 13.0 Å². The average molecular weight is 325 g/mol. The van der Waals surface area contributed by atoms with E-state index in [-0.39, 0.29) is 5.91 Å². The molecule has 1 fully saturated rings. The molecule has 1 aliphatic rings. The van der Waals surface area contributed by atoms with Crippen molar-refractivity contribution in [1.29, 1.82) is 0 Å². The Kier molecular flexibility index (Phi) is 5.03. The first-order valence-corrected chi connectivity index (χ1v) is 8.45. The van der Waals surface area contributed by atoms with Crippen molar-refractivity contribution >= 4 is 11.7 Å². The molecule has 0 N–H and O–H groups in total. The zero-order valence-electron chi connectivity index (χ0n) is 14.3. The van der Waals surface area contributed by atoms with Gasteiger partial charge in [0.05, 0.1) is 0 Å². The second-order valence-electron chi connectivity index (χ2n) is 6.02. The Morgan fingerprint density at radius 1 is 1.29 bits per heavy atom. The van der Waals surface area contributed by atoms with Gasteiger partial charge in [-0.25, -0.2) is 9.97 Å². The number of nitrogens with zero attached hydrogens (tertiary/aromatic N) is 5. The van der Waals surface area contributed by atoms with Crippen LogP contribution >= 0.6 is 0 Å². The van der Waals surface area contributed by atoms with Crippen molar-refractivity contribution in [3.05, 3.63) is 36.2 Å². The summed E-state index contributed by atoms with van der Waals surface area (Å²) in [5.74, 6) is 1.78. The van der Waals surface area contributed by atoms with Crippen molar-refractivity contribution in [2.24, 2.45) is 0 Å². The third-order valence-electron chi connectivity index (χ3n) is 4.29. The van der Waals surface area contributed by atoms with Gasteiger partial charge in [-0.3, -0.25) is 9.78 Å². The van der Waals surface area contributed by atoms with E-state index in [4.69, 9.17) is 0 Å². The Bertz CT molecular complexity index is 704. The van der Waals surface area contributed by atoms with Gasteiger partial charge in [0, 0.05) is 51.1 Å². The van der Waals surface area contributed by atoms with Crippen LogP contribution < -0.4 is 4.90 Å². The molecular weight excluding hydrogens is 302 g/mol. The van der Waals surface area contributed by atoms with E-state index in [2.05, 4.69) is 26.8 Å². The molecule has 126 valence electrons. The first-order chi connectivity index (χ1) is 11.7. The molecule has 0 aliphatic carbocycles. The van der Waals surface area contributed by atoms with E-state index in [1.54, 1.807) is 6.20 Å². The highest BCUT2D eigenvalue weighted by atomic mass is 16.2. The molecule has 1 aliphatic heterocycles. The maximum Gasteiger partial charge on any atom is 0.222 e. The van der Waals surface area contributed by atoms with Crippen LogP contribution in [0.25, 0.3) is 11.5 Å². The van der Waals surface area contributed by atoms with E-state index in [1.165, 1.54) is 0 Å². The molecule has 1 saturated heterocycles. The van der Waals surface area contributed by atoms with Crippen molar-refractivity contribution < 1.29 is 4.79 Å². The summed E-state index contributed by atoms with van der Waals surface area (Å²) in [5.41, 5.74) is 1.77. The second-order valence-corrected chi connectivity index (χ2v) is 6.02. The van der Waals surface area contributed by atoms with Gasteiger partial charge < -0.3 is 9.80 Å². The summed E-state index contributed by atoms with van der Waals surface area (Å²) in [7, 11) is 2.00. The summed E-state index contributed by atoms with van der Waals surface area (Å²) in [6.07, 6.45) is 4.24. The molecule has 0 spiro atoms. The van der Waals surface area contributed by atoms with Crippen LogP contribution in [0.4, 0.5) is 5.82 Å². The highest BCUT2D eigenvalue weighted by Crippen LogP contribution is 2.18. The maximum absolute atomic E-state index is 11.7. The Morgan fingerprint density at radius 3 is 2.83 bits per heavy atom. The number of hydrogen-bond donors (Lipinski definition) is 0. The molecule has 6 nitrogen and oxygen atoms in total. The third kappa shape index (κ3) is 3.69. The topological polar surface area (TPSA) is 62.2 Å². The quantitative estimate of drug-likeness (QED) is 0.814. The summed E-state index contributed by atoms with van der Waals surface area (Å²) in [4.78, 5) is 29.3. The minimum atomic E-state index is 0.259. The van der Waals surface area contributed by atoms with Crippen LogP contribution in [-0.4, -0.2) is 52.4 Å². The number of pyridine rings is 1. The summed E-state index contributed by atoms with van der Waals surface area (Å²) in [6.45, 7) is 4.44. The predicted octanol–water partition coefficient (Wildman–Crippen LogP) is 2.16. The molecule has 0 aromatic carbocycles. The molecule has 2 aromatic heterocycles. The zero-order chi connectivity index (χ0) is 16.9. The smallest absolute Gasteiger partial charge is 0.222 e. The van der Waals surface area contributed by atoms with Crippen LogP contribution in [0.3, 0.4) is 0 Å². The SMILES string of the molecule is CCc1cc(N(C)CCN2CCCC2=O)nc(-c2ccccn2)n1. The fourth-order valence-electron chi connectivity index (χ4n) is 2.80. The third-order valence-corrected chi connectivity index (χ3v) is 4.29. The van der Waals surface area contributed by atoms with E-state index in [0.717, 1.165) is 49.7 Å². The summed E-state index contributed by atoms with van der Waals surface area (Å²) in [6, 6.07) is 7.75. The Balaban J connectivity index is 1.77. The Labute approximate surface area is 142 Å². The van der Waals surface area contributed by atoms with Crippen LogP contribution in [0.1, 0.15) is 25.5 Å². The molecule has 0 radical (unpaired) electrons. The van der Waals surface area contributed by atoms with Gasteiger partial charge in [-0.2, -0.15) is 0 Å². The number of aromatic nitrogens is 3. The molecule has 0 unspecified atom stereocenters. The van der Waals surface area contributed by atoms with Gasteiger partial charge in [0.1, 0.15) is 11.5 Å². The molecule has 2 aromatic rings. The van der Waals surface area contributed by atoms with Crippen LogP contribution in [0.5, 0.6) is 0 Å². The molecule has 24 heavy (non-hydrogen) atoms. The number of hydrogen-bond acceptors (Lipinski definition) is 5. The van der Waals surface area contributed by atoms with Gasteiger partial charge in [-0.15, -0.1) is 0 Å². The largest absolute Gasteiger partial charge is 0.358 e. The van der Waals surface area contributed by atoms with Crippen molar-refractivity contribution in [2.75, 3.05) is 31.6 Å². The van der Waals surface area contributed by atoms with Crippen molar-refractivity contribution in [1.82, 2.24) is 19.9 Å². The number of aryl methyl sites for hydroxylation is 1. The van der Waals surface area contributed by atoms with E-state index in [9.17, 15) is 4.79 Å². The molecular formula is C18H23N5O. The van der Waals surface area contributed by atoms with Gasteiger partial charge >= 0.3 is 0 Å². The highest BCUT2D eigenvalue weighted by molar-refractivity contribution is 5.78. The fraction of sp³-hybridized carbons (Fsp3) is 0.444. The van der Waals surface area contributed by atoms with E-state index in [0.29, 0.717) is 12.2 Å². The van der Waals surface area contributed by atoms with Gasteiger partial charge in [0.2, 0.25) is 5.91 Å². The second kappa shape index (κ2) is 7.38. The molecule has 0 saturated carbocycles. The fourth-order valence-corrected chi connectivity index (χ4v) is 2.80. The monoisotopic (exact) mass is 325 g/mol. The number of likely N-dealkylation sites (tertiary alicyclic amines) is 1. The average Bonchev–Trinajstić information content (AvgIpc) is 3.05. The van der Waals surface area contributed by atoms with E-state index in [1.807, 2.05) is 36.2 Å². The van der Waals surface area contributed by atoms with Gasteiger partial charge in [0.25, 0.3) is 0 Å². The summed E-state index contributed by atoms with van der Waals surface area (Å²) < 4.78 is 0. The highest BCUT2D eigenvalue weighted by Gasteiger charge is 2.20.